The molecule has 0 saturated carbocycles. The molecule has 1 amide bonds. The second-order valence-corrected chi connectivity index (χ2v) is 8.22. The lowest BCUT2D eigenvalue weighted by Gasteiger charge is -2.35. The van der Waals surface area contributed by atoms with E-state index in [0.717, 1.165) is 24.7 Å². The van der Waals surface area contributed by atoms with E-state index in [9.17, 15) is 13.2 Å². The Balaban J connectivity index is 1.86. The monoisotopic (exact) mass is 351 g/mol. The van der Waals surface area contributed by atoms with Crippen LogP contribution in [0.1, 0.15) is 36.6 Å². The van der Waals surface area contributed by atoms with E-state index in [0.29, 0.717) is 18.7 Å². The largest absolute Gasteiger partial charge is 0.332 e. The van der Waals surface area contributed by atoms with E-state index >= 15 is 0 Å². The Morgan fingerprint density at radius 1 is 1.38 bits per heavy atom. The van der Waals surface area contributed by atoms with Gasteiger partial charge in [0.2, 0.25) is 5.91 Å². The van der Waals surface area contributed by atoms with Gasteiger partial charge in [-0.3, -0.25) is 14.6 Å². The first-order chi connectivity index (χ1) is 11.4. The molecule has 1 saturated heterocycles. The molecule has 3 heterocycles. The number of likely N-dealkylation sites (tertiary alicyclic amines) is 1. The molecule has 9 heteroatoms. The van der Waals surface area contributed by atoms with Crippen molar-refractivity contribution in [2.75, 3.05) is 12.8 Å². The van der Waals surface area contributed by atoms with Crippen LogP contribution in [0.4, 0.5) is 0 Å². The third kappa shape index (κ3) is 3.35. The van der Waals surface area contributed by atoms with Crippen LogP contribution in [-0.4, -0.2) is 52.0 Å². The van der Waals surface area contributed by atoms with Gasteiger partial charge in [-0.15, -0.1) is 0 Å². The van der Waals surface area contributed by atoms with Gasteiger partial charge >= 0.3 is 0 Å². The highest BCUT2D eigenvalue weighted by molar-refractivity contribution is 7.90. The number of aromatic nitrogens is 4. The van der Waals surface area contributed by atoms with Gasteiger partial charge in [-0.1, -0.05) is 0 Å². The van der Waals surface area contributed by atoms with Crippen molar-refractivity contribution in [1.82, 2.24) is 24.9 Å². The van der Waals surface area contributed by atoms with E-state index in [-0.39, 0.29) is 23.4 Å². The van der Waals surface area contributed by atoms with Crippen molar-refractivity contribution in [1.29, 1.82) is 0 Å². The molecule has 3 rings (SSSR count). The predicted molar refractivity (Wildman–Crippen MR) is 87.0 cm³/mol. The number of nitrogens with one attached hydrogen (secondary N) is 1. The Morgan fingerprint density at radius 3 is 2.83 bits per heavy atom. The zero-order chi connectivity index (χ0) is 17.3. The van der Waals surface area contributed by atoms with E-state index in [1.165, 1.54) is 6.20 Å². The number of aryl methyl sites for hydroxylation is 1. The summed E-state index contributed by atoms with van der Waals surface area (Å²) in [6, 6.07) is -0.296. The molecule has 2 aromatic heterocycles. The van der Waals surface area contributed by atoms with Gasteiger partial charge in [0.15, 0.2) is 9.84 Å². The molecule has 1 aliphatic rings. The highest BCUT2D eigenvalue weighted by atomic mass is 32.2. The molecule has 8 nitrogen and oxygen atoms in total. The van der Waals surface area contributed by atoms with Crippen molar-refractivity contribution in [3.63, 3.8) is 0 Å². The molecule has 1 N–H and O–H groups in total. The summed E-state index contributed by atoms with van der Waals surface area (Å²) < 4.78 is 25.5. The van der Waals surface area contributed by atoms with Crippen molar-refractivity contribution >= 4 is 15.7 Å². The normalized spacial score (nSPS) is 18.8. The molecule has 24 heavy (non-hydrogen) atoms. The van der Waals surface area contributed by atoms with Crippen LogP contribution in [0.3, 0.4) is 0 Å². The first-order valence-corrected chi connectivity index (χ1v) is 9.77. The molecular weight excluding hydrogens is 330 g/mol. The lowest BCUT2D eigenvalue weighted by molar-refractivity contribution is -0.136. The first kappa shape index (κ1) is 16.7. The van der Waals surface area contributed by atoms with Crippen LogP contribution in [0, 0.1) is 6.92 Å². The lowest BCUT2D eigenvalue weighted by Crippen LogP contribution is -2.41. The molecule has 0 aliphatic carbocycles. The average Bonchev–Trinajstić information content (AvgIpc) is 3.16. The molecule has 2 aromatic rings. The maximum atomic E-state index is 12.7. The Morgan fingerprint density at radius 2 is 2.17 bits per heavy atom. The molecule has 0 aromatic carbocycles. The van der Waals surface area contributed by atoms with Crippen LogP contribution in [-0.2, 0) is 21.2 Å². The van der Waals surface area contributed by atoms with Crippen LogP contribution in [0.2, 0.25) is 0 Å². The zero-order valence-electron chi connectivity index (χ0n) is 13.8. The number of sulfone groups is 1. The summed E-state index contributed by atoms with van der Waals surface area (Å²) in [7, 11) is -3.39. The Hall–Kier alpha value is -2.16. The molecule has 0 radical (unpaired) electrons. The Kier molecular flexibility index (Phi) is 4.44. The Bertz CT molecular complexity index is 839. The van der Waals surface area contributed by atoms with E-state index in [1.54, 1.807) is 15.8 Å². The minimum atomic E-state index is -3.39. The van der Waals surface area contributed by atoms with Gasteiger partial charge in [0, 0.05) is 19.0 Å². The third-order valence-electron chi connectivity index (χ3n) is 4.25. The molecule has 1 unspecified atom stereocenters. The highest BCUT2D eigenvalue weighted by Gasteiger charge is 2.32. The fourth-order valence-corrected chi connectivity index (χ4v) is 3.96. The number of carbonyl (C=O) groups excluding carboxylic acids is 1. The summed E-state index contributed by atoms with van der Waals surface area (Å²) in [6.07, 6.45) is 8.56. The van der Waals surface area contributed by atoms with Gasteiger partial charge in [-0.25, -0.2) is 8.42 Å². The number of aromatic amines is 1. The van der Waals surface area contributed by atoms with Crippen LogP contribution in [0.5, 0.6) is 0 Å². The van der Waals surface area contributed by atoms with Crippen molar-refractivity contribution < 1.29 is 13.2 Å². The minimum Gasteiger partial charge on any atom is -0.332 e. The molecule has 0 bridgehead atoms. The number of piperidine rings is 1. The summed E-state index contributed by atoms with van der Waals surface area (Å²) in [4.78, 5) is 14.6. The smallest absolute Gasteiger partial charge is 0.244 e. The van der Waals surface area contributed by atoms with Gasteiger partial charge in [-0.2, -0.15) is 10.2 Å². The number of carbonyl (C=O) groups is 1. The second kappa shape index (κ2) is 6.39. The van der Waals surface area contributed by atoms with Crippen molar-refractivity contribution in [3.8, 4) is 0 Å². The second-order valence-electron chi connectivity index (χ2n) is 6.23. The summed E-state index contributed by atoms with van der Waals surface area (Å²) in [5, 5.41) is 10.8. The van der Waals surface area contributed by atoms with Gasteiger partial charge in [0.25, 0.3) is 0 Å². The number of hydrogen-bond acceptors (Lipinski definition) is 5. The fraction of sp³-hybridized carbons (Fsp3) is 0.533. The van der Waals surface area contributed by atoms with E-state index in [4.69, 9.17) is 0 Å². The average molecular weight is 351 g/mol. The van der Waals surface area contributed by atoms with Gasteiger partial charge in [0.05, 0.1) is 24.1 Å². The number of rotatable bonds is 4. The predicted octanol–water partition coefficient (Wildman–Crippen LogP) is 1.07. The standard InChI is InChI=1S/C15H21N5O3S/c1-11-7-17-19(9-11)10-14(21)20-6-4-3-5-12(20)15-13(8-16-18-15)24(2,22)23/h7-9,12H,3-6,10H2,1-2H3,(H,16,18). The van der Waals surface area contributed by atoms with Crippen LogP contribution >= 0.6 is 0 Å². The zero-order valence-corrected chi connectivity index (χ0v) is 14.6. The maximum Gasteiger partial charge on any atom is 0.244 e. The van der Waals surface area contributed by atoms with Crippen molar-refractivity contribution in [3.05, 3.63) is 29.8 Å². The van der Waals surface area contributed by atoms with Crippen LogP contribution < -0.4 is 0 Å². The quantitative estimate of drug-likeness (QED) is 0.888. The molecule has 0 spiro atoms. The third-order valence-corrected chi connectivity index (χ3v) is 5.37. The van der Waals surface area contributed by atoms with E-state index < -0.39 is 9.84 Å². The van der Waals surface area contributed by atoms with Crippen molar-refractivity contribution in [2.45, 2.75) is 43.7 Å². The fourth-order valence-electron chi connectivity index (χ4n) is 3.13. The lowest BCUT2D eigenvalue weighted by atomic mass is 9.99. The first-order valence-electron chi connectivity index (χ1n) is 7.88. The SMILES string of the molecule is Cc1cnn(CC(=O)N2CCCCC2c2[nH]ncc2S(C)(=O)=O)c1. The number of nitrogens with zero attached hydrogens (tertiary/aromatic N) is 4. The topological polar surface area (TPSA) is 101 Å². The number of amides is 1. The van der Waals surface area contributed by atoms with E-state index in [1.807, 2.05) is 13.1 Å². The molecule has 1 aliphatic heterocycles. The van der Waals surface area contributed by atoms with Crippen molar-refractivity contribution in [2.24, 2.45) is 0 Å². The number of hydrogen-bond donors (Lipinski definition) is 1. The van der Waals surface area contributed by atoms with E-state index in [2.05, 4.69) is 15.3 Å². The minimum absolute atomic E-state index is 0.0724. The van der Waals surface area contributed by atoms with Crippen LogP contribution in [0.15, 0.2) is 23.5 Å². The molecular formula is C15H21N5O3S. The molecule has 1 fully saturated rings. The number of H-pyrrole nitrogens is 1. The van der Waals surface area contributed by atoms with Crippen LogP contribution in [0.25, 0.3) is 0 Å². The summed E-state index contributed by atoms with van der Waals surface area (Å²) in [5.41, 5.74) is 1.49. The highest BCUT2D eigenvalue weighted by Crippen LogP contribution is 2.33. The Labute approximate surface area is 140 Å². The molecule has 130 valence electrons. The molecule has 1 atom stereocenters. The van der Waals surface area contributed by atoms with Gasteiger partial charge in [-0.05, 0) is 31.7 Å². The van der Waals surface area contributed by atoms with Gasteiger partial charge < -0.3 is 4.90 Å². The summed E-state index contributed by atoms with van der Waals surface area (Å²) in [6.45, 7) is 2.67. The summed E-state index contributed by atoms with van der Waals surface area (Å²) >= 11 is 0. The summed E-state index contributed by atoms with van der Waals surface area (Å²) in [5.74, 6) is -0.0724. The maximum absolute atomic E-state index is 12.7. The van der Waals surface area contributed by atoms with Gasteiger partial charge in [0.1, 0.15) is 11.4 Å².